The molecule has 0 radical (unpaired) electrons. The second kappa shape index (κ2) is 8.15. The van der Waals surface area contributed by atoms with Crippen molar-refractivity contribution < 1.29 is 14.3 Å². The summed E-state index contributed by atoms with van der Waals surface area (Å²) in [4.78, 5) is 26.1. The van der Waals surface area contributed by atoms with Crippen molar-refractivity contribution in [1.29, 1.82) is 0 Å². The molecular weight excluding hydrogens is 385 g/mol. The van der Waals surface area contributed by atoms with Crippen molar-refractivity contribution in [3.8, 4) is 5.75 Å². The fraction of sp³-hybridized carbons (Fsp3) is 0.238. The third-order valence-electron chi connectivity index (χ3n) is 4.38. The molecule has 140 valence electrons. The second-order valence-electron chi connectivity index (χ2n) is 6.51. The SMILES string of the molecule is CC(C)=C1CC(=O)N(c2cc(OCCc3ccccc3)c(Cl)cc2Cl)C1=O. The van der Waals surface area contributed by atoms with Crippen LogP contribution in [0.15, 0.2) is 53.6 Å². The maximum atomic E-state index is 12.6. The van der Waals surface area contributed by atoms with Crippen LogP contribution >= 0.6 is 23.2 Å². The van der Waals surface area contributed by atoms with Gasteiger partial charge in [0.05, 0.1) is 28.8 Å². The zero-order valence-electron chi connectivity index (χ0n) is 15.1. The van der Waals surface area contributed by atoms with Crippen LogP contribution in [0.4, 0.5) is 5.69 Å². The van der Waals surface area contributed by atoms with Crippen LogP contribution in [0, 0.1) is 0 Å². The minimum absolute atomic E-state index is 0.0737. The summed E-state index contributed by atoms with van der Waals surface area (Å²) in [6.07, 6.45) is 0.781. The minimum Gasteiger partial charge on any atom is -0.492 e. The molecule has 4 nitrogen and oxygen atoms in total. The quantitative estimate of drug-likeness (QED) is 0.508. The molecule has 1 fully saturated rings. The lowest BCUT2D eigenvalue weighted by Crippen LogP contribution is -2.29. The molecule has 1 aliphatic rings. The molecule has 0 aliphatic carbocycles. The third-order valence-corrected chi connectivity index (χ3v) is 4.97. The Labute approximate surface area is 168 Å². The number of imide groups is 1. The van der Waals surface area contributed by atoms with Crippen LogP contribution in [0.2, 0.25) is 10.0 Å². The van der Waals surface area contributed by atoms with Gasteiger partial charge >= 0.3 is 0 Å². The summed E-state index contributed by atoms with van der Waals surface area (Å²) >= 11 is 12.5. The van der Waals surface area contributed by atoms with Crippen LogP contribution in [0.1, 0.15) is 25.8 Å². The van der Waals surface area contributed by atoms with Crippen molar-refractivity contribution in [2.45, 2.75) is 26.7 Å². The second-order valence-corrected chi connectivity index (χ2v) is 7.32. The number of hydrogen-bond donors (Lipinski definition) is 0. The summed E-state index contributed by atoms with van der Waals surface area (Å²) in [6, 6.07) is 13.0. The van der Waals surface area contributed by atoms with Gasteiger partial charge in [-0.1, -0.05) is 59.1 Å². The van der Waals surface area contributed by atoms with Gasteiger partial charge in [-0.3, -0.25) is 9.59 Å². The summed E-state index contributed by atoms with van der Waals surface area (Å²) < 4.78 is 5.79. The van der Waals surface area contributed by atoms with Crippen LogP contribution < -0.4 is 9.64 Å². The number of ether oxygens (including phenoxy) is 1. The highest BCUT2D eigenvalue weighted by molar-refractivity contribution is 6.39. The topological polar surface area (TPSA) is 46.6 Å². The maximum absolute atomic E-state index is 12.6. The standard InChI is InChI=1S/C21H19Cl2NO3/c1-13(2)15-10-20(25)24(21(15)26)18-12-19(17(23)11-16(18)22)27-9-8-14-6-4-3-5-7-14/h3-7,11-12H,8-10H2,1-2H3. The van der Waals surface area contributed by atoms with E-state index in [-0.39, 0.29) is 23.3 Å². The predicted molar refractivity (Wildman–Crippen MR) is 108 cm³/mol. The molecule has 0 N–H and O–H groups in total. The first-order chi connectivity index (χ1) is 12.9. The van der Waals surface area contributed by atoms with E-state index in [0.717, 1.165) is 16.0 Å². The van der Waals surface area contributed by atoms with E-state index < -0.39 is 0 Å². The fourth-order valence-corrected chi connectivity index (χ4v) is 3.43. The van der Waals surface area contributed by atoms with Crippen molar-refractivity contribution in [3.05, 3.63) is 69.2 Å². The Morgan fingerprint density at radius 1 is 1.07 bits per heavy atom. The molecule has 6 heteroatoms. The molecule has 0 aromatic heterocycles. The lowest BCUT2D eigenvalue weighted by molar-refractivity contribution is -0.120. The Kier molecular flexibility index (Phi) is 5.88. The van der Waals surface area contributed by atoms with Crippen LogP contribution in [-0.4, -0.2) is 18.4 Å². The Morgan fingerprint density at radius 2 is 1.78 bits per heavy atom. The Bertz CT molecular complexity index is 919. The lowest BCUT2D eigenvalue weighted by atomic mass is 10.1. The van der Waals surface area contributed by atoms with E-state index in [0.29, 0.717) is 35.1 Å². The molecule has 0 atom stereocenters. The number of anilines is 1. The molecular formula is C21H19Cl2NO3. The van der Waals surface area contributed by atoms with E-state index in [1.807, 2.05) is 44.2 Å². The number of nitrogens with zero attached hydrogens (tertiary/aromatic N) is 1. The zero-order chi connectivity index (χ0) is 19.6. The van der Waals surface area contributed by atoms with Gasteiger partial charge in [0.25, 0.3) is 5.91 Å². The van der Waals surface area contributed by atoms with Gasteiger partial charge in [0.2, 0.25) is 5.91 Å². The normalized spacial score (nSPS) is 14.1. The molecule has 2 aromatic carbocycles. The van der Waals surface area contributed by atoms with Crippen LogP contribution in [0.3, 0.4) is 0 Å². The number of benzene rings is 2. The van der Waals surface area contributed by atoms with E-state index in [9.17, 15) is 9.59 Å². The van der Waals surface area contributed by atoms with E-state index in [4.69, 9.17) is 27.9 Å². The number of halogens is 2. The highest BCUT2D eigenvalue weighted by Gasteiger charge is 2.37. The molecule has 2 amide bonds. The number of carbonyl (C=O) groups is 2. The first kappa shape index (κ1) is 19.5. The zero-order valence-corrected chi connectivity index (χ0v) is 16.6. The average molecular weight is 404 g/mol. The lowest BCUT2D eigenvalue weighted by Gasteiger charge is -2.18. The van der Waals surface area contributed by atoms with Crippen LogP contribution in [-0.2, 0) is 16.0 Å². The first-order valence-corrected chi connectivity index (χ1v) is 9.33. The van der Waals surface area contributed by atoms with Gasteiger partial charge in [0.1, 0.15) is 5.75 Å². The highest BCUT2D eigenvalue weighted by atomic mass is 35.5. The van der Waals surface area contributed by atoms with Crippen molar-refractivity contribution in [3.63, 3.8) is 0 Å². The van der Waals surface area contributed by atoms with Crippen molar-refractivity contribution in [2.24, 2.45) is 0 Å². The largest absolute Gasteiger partial charge is 0.492 e. The monoisotopic (exact) mass is 403 g/mol. The summed E-state index contributed by atoms with van der Waals surface area (Å²) in [5.74, 6) is -0.270. The van der Waals surface area contributed by atoms with Crippen molar-refractivity contribution in [1.82, 2.24) is 0 Å². The molecule has 0 saturated carbocycles. The van der Waals surface area contributed by atoms with Gasteiger partial charge in [-0.05, 0) is 25.5 Å². The van der Waals surface area contributed by atoms with E-state index in [2.05, 4.69) is 0 Å². The number of hydrogen-bond acceptors (Lipinski definition) is 3. The number of rotatable bonds is 5. The molecule has 0 spiro atoms. The smallest absolute Gasteiger partial charge is 0.261 e. The maximum Gasteiger partial charge on any atom is 0.261 e. The number of amides is 2. The summed E-state index contributed by atoms with van der Waals surface area (Å²) in [7, 11) is 0. The highest BCUT2D eigenvalue weighted by Crippen LogP contribution is 2.39. The van der Waals surface area contributed by atoms with Gasteiger partial charge in [-0.2, -0.15) is 0 Å². The molecule has 1 heterocycles. The minimum atomic E-state index is -0.348. The first-order valence-electron chi connectivity index (χ1n) is 8.58. The van der Waals surface area contributed by atoms with Gasteiger partial charge < -0.3 is 4.74 Å². The predicted octanol–water partition coefficient (Wildman–Crippen LogP) is 5.21. The molecule has 0 unspecified atom stereocenters. The molecule has 0 bridgehead atoms. The van der Waals surface area contributed by atoms with Gasteiger partial charge in [0, 0.05) is 18.1 Å². The Morgan fingerprint density at radius 3 is 2.41 bits per heavy atom. The summed E-state index contributed by atoms with van der Waals surface area (Å²) in [5, 5.41) is 0.561. The van der Waals surface area contributed by atoms with Gasteiger partial charge in [0.15, 0.2) is 0 Å². The Hall–Kier alpha value is -2.30. The van der Waals surface area contributed by atoms with E-state index >= 15 is 0 Å². The molecule has 1 saturated heterocycles. The molecule has 2 aromatic rings. The van der Waals surface area contributed by atoms with Gasteiger partial charge in [-0.15, -0.1) is 0 Å². The average Bonchev–Trinajstić information content (AvgIpc) is 2.93. The van der Waals surface area contributed by atoms with Gasteiger partial charge in [-0.25, -0.2) is 4.90 Å². The van der Waals surface area contributed by atoms with Crippen LogP contribution in [0.25, 0.3) is 0 Å². The fourth-order valence-electron chi connectivity index (χ4n) is 2.91. The molecule has 27 heavy (non-hydrogen) atoms. The number of carbonyl (C=O) groups excluding carboxylic acids is 2. The van der Waals surface area contributed by atoms with Crippen molar-refractivity contribution >= 4 is 40.7 Å². The molecule has 1 aliphatic heterocycles. The summed E-state index contributed by atoms with van der Waals surface area (Å²) in [5.41, 5.74) is 2.75. The number of allylic oxidation sites excluding steroid dienone is 1. The van der Waals surface area contributed by atoms with Crippen LogP contribution in [0.5, 0.6) is 5.75 Å². The molecule has 3 rings (SSSR count). The van der Waals surface area contributed by atoms with Crippen molar-refractivity contribution in [2.75, 3.05) is 11.5 Å². The van der Waals surface area contributed by atoms with E-state index in [1.54, 1.807) is 6.07 Å². The third kappa shape index (κ3) is 4.18. The summed E-state index contributed by atoms with van der Waals surface area (Å²) in [6.45, 7) is 4.03. The van der Waals surface area contributed by atoms with E-state index in [1.165, 1.54) is 6.07 Å². The Balaban J connectivity index is 1.83.